The van der Waals surface area contributed by atoms with Gasteiger partial charge in [-0.1, -0.05) is 0 Å². The molecule has 144 valence electrons. The number of nitrogens with zero attached hydrogens (tertiary/aromatic N) is 2. The van der Waals surface area contributed by atoms with E-state index in [1.54, 1.807) is 36.6 Å². The Bertz CT molecular complexity index is 1030. The molecule has 0 saturated carbocycles. The summed E-state index contributed by atoms with van der Waals surface area (Å²) in [6, 6.07) is 6.41. The first-order valence-electron chi connectivity index (χ1n) is 8.26. The Labute approximate surface area is 163 Å². The number of fused-ring (bicyclic) bond motifs is 1. The number of aliphatic carboxylic acids is 1. The normalized spacial score (nSPS) is 10.5. The SMILES string of the molecule is CCOC(=O)c1csc2ncnc(Nc3ccc(C(=O)NCC(=O)O)cc3)c12. The van der Waals surface area contributed by atoms with E-state index < -0.39 is 24.4 Å². The lowest BCUT2D eigenvalue weighted by molar-refractivity contribution is -0.135. The molecule has 28 heavy (non-hydrogen) atoms. The number of ether oxygens (including phenoxy) is 1. The van der Waals surface area contributed by atoms with E-state index in [-0.39, 0.29) is 6.61 Å². The summed E-state index contributed by atoms with van der Waals surface area (Å²) >= 11 is 1.31. The lowest BCUT2D eigenvalue weighted by atomic mass is 10.2. The maximum atomic E-state index is 12.2. The Kier molecular flexibility index (Phi) is 5.80. The van der Waals surface area contributed by atoms with Crippen LogP contribution in [-0.2, 0) is 9.53 Å². The van der Waals surface area contributed by atoms with E-state index in [1.165, 1.54) is 17.7 Å². The van der Waals surface area contributed by atoms with Crippen LogP contribution in [0.1, 0.15) is 27.6 Å². The third-order valence-electron chi connectivity index (χ3n) is 3.68. The molecule has 0 aliphatic heterocycles. The second-order valence-corrected chi connectivity index (χ2v) is 6.41. The maximum Gasteiger partial charge on any atom is 0.339 e. The van der Waals surface area contributed by atoms with E-state index in [0.29, 0.717) is 32.8 Å². The summed E-state index contributed by atoms with van der Waals surface area (Å²) < 4.78 is 5.08. The van der Waals surface area contributed by atoms with Gasteiger partial charge in [-0.3, -0.25) is 9.59 Å². The number of amides is 1. The Morgan fingerprint density at radius 3 is 2.61 bits per heavy atom. The smallest absolute Gasteiger partial charge is 0.339 e. The highest BCUT2D eigenvalue weighted by Crippen LogP contribution is 2.31. The maximum absolute atomic E-state index is 12.2. The number of rotatable bonds is 7. The number of benzene rings is 1. The van der Waals surface area contributed by atoms with E-state index in [2.05, 4.69) is 20.6 Å². The van der Waals surface area contributed by atoms with Crippen molar-refractivity contribution in [3.8, 4) is 0 Å². The van der Waals surface area contributed by atoms with Gasteiger partial charge in [-0.25, -0.2) is 14.8 Å². The van der Waals surface area contributed by atoms with Gasteiger partial charge in [0.15, 0.2) is 0 Å². The molecule has 0 spiro atoms. The number of aromatic nitrogens is 2. The molecule has 0 atom stereocenters. The van der Waals surface area contributed by atoms with Crippen LogP contribution in [-0.4, -0.2) is 46.1 Å². The average Bonchev–Trinajstić information content (AvgIpc) is 3.12. The summed E-state index contributed by atoms with van der Waals surface area (Å²) in [6.07, 6.45) is 1.39. The average molecular weight is 400 g/mol. The molecule has 3 N–H and O–H groups in total. The van der Waals surface area contributed by atoms with Crippen molar-refractivity contribution >= 4 is 50.9 Å². The molecule has 1 amide bonds. The van der Waals surface area contributed by atoms with Crippen LogP contribution in [0.3, 0.4) is 0 Å². The molecule has 0 fully saturated rings. The molecular formula is C18H16N4O5S. The van der Waals surface area contributed by atoms with Crippen LogP contribution in [0.2, 0.25) is 0 Å². The van der Waals surface area contributed by atoms with Crippen LogP contribution < -0.4 is 10.6 Å². The van der Waals surface area contributed by atoms with Crippen molar-refractivity contribution in [1.29, 1.82) is 0 Å². The minimum Gasteiger partial charge on any atom is -0.480 e. The molecule has 3 aromatic rings. The van der Waals surface area contributed by atoms with Crippen molar-refractivity contribution in [3.05, 3.63) is 47.1 Å². The summed E-state index contributed by atoms with van der Waals surface area (Å²) in [5.41, 5.74) is 1.34. The first-order chi connectivity index (χ1) is 13.5. The number of esters is 1. The Morgan fingerprint density at radius 1 is 1.18 bits per heavy atom. The molecule has 0 unspecified atom stereocenters. The number of hydrogen-bond donors (Lipinski definition) is 3. The zero-order chi connectivity index (χ0) is 20.1. The Hall–Kier alpha value is -3.53. The highest BCUT2D eigenvalue weighted by Gasteiger charge is 2.18. The van der Waals surface area contributed by atoms with Crippen LogP contribution >= 0.6 is 11.3 Å². The molecule has 10 heteroatoms. The van der Waals surface area contributed by atoms with Gasteiger partial charge in [0.05, 0.1) is 17.6 Å². The molecule has 2 aromatic heterocycles. The van der Waals surface area contributed by atoms with Gasteiger partial charge >= 0.3 is 11.9 Å². The van der Waals surface area contributed by atoms with Crippen molar-refractivity contribution in [2.75, 3.05) is 18.5 Å². The largest absolute Gasteiger partial charge is 0.480 e. The zero-order valence-electron chi connectivity index (χ0n) is 14.8. The minimum absolute atomic E-state index is 0.262. The molecule has 0 saturated heterocycles. The van der Waals surface area contributed by atoms with Crippen LogP contribution in [0.15, 0.2) is 36.0 Å². The molecule has 3 rings (SSSR count). The lowest BCUT2D eigenvalue weighted by Gasteiger charge is -2.09. The fourth-order valence-corrected chi connectivity index (χ4v) is 3.30. The van der Waals surface area contributed by atoms with Gasteiger partial charge in [-0.2, -0.15) is 0 Å². The first kappa shape index (κ1) is 19.2. The zero-order valence-corrected chi connectivity index (χ0v) is 15.6. The van der Waals surface area contributed by atoms with Crippen LogP contribution in [0.5, 0.6) is 0 Å². The third kappa shape index (κ3) is 4.23. The minimum atomic E-state index is -1.12. The quantitative estimate of drug-likeness (QED) is 0.516. The van der Waals surface area contributed by atoms with E-state index in [4.69, 9.17) is 9.84 Å². The Balaban J connectivity index is 1.83. The highest BCUT2D eigenvalue weighted by molar-refractivity contribution is 7.17. The van der Waals surface area contributed by atoms with Gasteiger partial charge < -0.3 is 20.5 Å². The number of anilines is 2. The van der Waals surface area contributed by atoms with E-state index in [1.807, 2.05) is 0 Å². The molecule has 1 aromatic carbocycles. The topological polar surface area (TPSA) is 131 Å². The van der Waals surface area contributed by atoms with Gasteiger partial charge in [-0.15, -0.1) is 11.3 Å². The number of nitrogens with one attached hydrogen (secondary N) is 2. The van der Waals surface area contributed by atoms with E-state index in [0.717, 1.165) is 0 Å². The number of thiophene rings is 1. The fourth-order valence-electron chi connectivity index (χ4n) is 2.43. The first-order valence-corrected chi connectivity index (χ1v) is 9.14. The number of carboxylic acid groups (broad SMARTS) is 1. The van der Waals surface area contributed by atoms with Crippen molar-refractivity contribution < 1.29 is 24.2 Å². The van der Waals surface area contributed by atoms with Gasteiger partial charge in [0.1, 0.15) is 23.5 Å². The van der Waals surface area contributed by atoms with Gasteiger partial charge in [-0.05, 0) is 31.2 Å². The fraction of sp³-hybridized carbons (Fsp3) is 0.167. The third-order valence-corrected chi connectivity index (χ3v) is 4.56. The second kappa shape index (κ2) is 8.44. The van der Waals surface area contributed by atoms with Crippen LogP contribution in [0.25, 0.3) is 10.2 Å². The predicted molar refractivity (Wildman–Crippen MR) is 103 cm³/mol. The number of carboxylic acids is 1. The summed E-state index contributed by atoms with van der Waals surface area (Å²) in [4.78, 5) is 43.6. The van der Waals surface area contributed by atoms with Crippen molar-refractivity contribution in [1.82, 2.24) is 15.3 Å². The molecule has 0 radical (unpaired) electrons. The van der Waals surface area contributed by atoms with Crippen molar-refractivity contribution in [2.45, 2.75) is 6.92 Å². The standard InChI is InChI=1S/C18H16N4O5S/c1-2-27-18(26)12-8-28-17-14(12)15(20-9-21-17)22-11-5-3-10(4-6-11)16(25)19-7-13(23)24/h3-6,8-9H,2,7H2,1H3,(H,19,25)(H,23,24)(H,20,21,22). The number of hydrogen-bond acceptors (Lipinski definition) is 8. The molecule has 2 heterocycles. The predicted octanol–water partition coefficient (Wildman–Crippen LogP) is 2.43. The van der Waals surface area contributed by atoms with Gasteiger partial charge in [0.2, 0.25) is 0 Å². The molecule has 0 aliphatic carbocycles. The van der Waals surface area contributed by atoms with Gasteiger partial charge in [0, 0.05) is 16.6 Å². The highest BCUT2D eigenvalue weighted by atomic mass is 32.1. The van der Waals surface area contributed by atoms with Crippen molar-refractivity contribution in [3.63, 3.8) is 0 Å². The number of carbonyl (C=O) groups excluding carboxylic acids is 2. The lowest BCUT2D eigenvalue weighted by Crippen LogP contribution is -2.29. The molecule has 0 bridgehead atoms. The number of carbonyl (C=O) groups is 3. The molecule has 0 aliphatic rings. The summed E-state index contributed by atoms with van der Waals surface area (Å²) in [7, 11) is 0. The van der Waals surface area contributed by atoms with Crippen LogP contribution in [0.4, 0.5) is 11.5 Å². The molecular weight excluding hydrogens is 384 g/mol. The van der Waals surface area contributed by atoms with Crippen LogP contribution in [0, 0.1) is 0 Å². The molecule has 9 nitrogen and oxygen atoms in total. The van der Waals surface area contributed by atoms with Crippen molar-refractivity contribution in [2.24, 2.45) is 0 Å². The van der Waals surface area contributed by atoms with Gasteiger partial charge in [0.25, 0.3) is 5.91 Å². The second-order valence-electron chi connectivity index (χ2n) is 5.55. The Morgan fingerprint density at radius 2 is 1.93 bits per heavy atom. The monoisotopic (exact) mass is 400 g/mol. The van der Waals surface area contributed by atoms with E-state index in [9.17, 15) is 14.4 Å². The summed E-state index contributed by atoms with van der Waals surface area (Å²) in [5, 5.41) is 16.3. The summed E-state index contributed by atoms with van der Waals surface area (Å²) in [5.74, 6) is -1.61. The van der Waals surface area contributed by atoms with E-state index >= 15 is 0 Å². The summed E-state index contributed by atoms with van der Waals surface area (Å²) in [6.45, 7) is 1.54.